The van der Waals surface area contributed by atoms with Crippen molar-refractivity contribution >= 4 is 46.4 Å². The molecule has 11 heteroatoms. The van der Waals surface area contributed by atoms with Crippen molar-refractivity contribution in [3.05, 3.63) is 86.9 Å². The zero-order chi connectivity index (χ0) is 29.4. The topological polar surface area (TPSA) is 85.7 Å². The number of carbonyl (C=O) groups excluding carboxylic acids is 2. The summed E-state index contributed by atoms with van der Waals surface area (Å²) in [5, 5.41) is 3.73. The summed E-state index contributed by atoms with van der Waals surface area (Å²) in [5.41, 5.74) is 0.816. The van der Waals surface area contributed by atoms with E-state index in [4.69, 9.17) is 37.7 Å². The summed E-state index contributed by atoms with van der Waals surface area (Å²) >= 11 is 12.7. The number of carbonyl (C=O) groups is 2. The molecule has 0 radical (unpaired) electrons. The largest absolute Gasteiger partial charge is 0.497 e. The number of ether oxygens (including phenoxy) is 2. The van der Waals surface area contributed by atoms with Gasteiger partial charge in [-0.25, -0.2) is 9.37 Å². The van der Waals surface area contributed by atoms with Crippen LogP contribution < -0.4 is 19.7 Å². The first kappa shape index (κ1) is 27.1. The van der Waals surface area contributed by atoms with Crippen molar-refractivity contribution in [1.82, 2.24) is 9.55 Å². The van der Waals surface area contributed by atoms with Crippen LogP contribution in [0, 0.1) is 12.7 Å². The molecule has 0 aliphatic carbocycles. The van der Waals surface area contributed by atoms with Crippen molar-refractivity contribution in [2.45, 2.75) is 32.4 Å². The molecule has 3 aromatic carbocycles. The second-order valence-electron chi connectivity index (χ2n) is 10.2. The Bertz CT molecular complexity index is 1790. The van der Waals surface area contributed by atoms with Crippen LogP contribution in [0.2, 0.25) is 10.0 Å². The molecule has 210 valence electrons. The van der Waals surface area contributed by atoms with E-state index in [1.165, 1.54) is 25.2 Å². The molecule has 2 aliphatic rings. The summed E-state index contributed by atoms with van der Waals surface area (Å²) < 4.78 is 28.2. The minimum absolute atomic E-state index is 0.0169. The van der Waals surface area contributed by atoms with E-state index in [2.05, 4.69) is 5.32 Å². The van der Waals surface area contributed by atoms with Gasteiger partial charge in [0.1, 0.15) is 23.1 Å². The van der Waals surface area contributed by atoms with Crippen LogP contribution in [0.15, 0.2) is 48.5 Å². The maximum Gasteiger partial charge on any atom is 0.280 e. The van der Waals surface area contributed by atoms with Crippen LogP contribution in [-0.2, 0) is 10.3 Å². The number of nitrogens with one attached hydrogen (secondary N) is 1. The second kappa shape index (κ2) is 9.49. The minimum atomic E-state index is -1.69. The maximum atomic E-state index is 15.7. The van der Waals surface area contributed by atoms with Gasteiger partial charge in [0.25, 0.3) is 11.8 Å². The second-order valence-corrected chi connectivity index (χ2v) is 11.1. The van der Waals surface area contributed by atoms with E-state index >= 15 is 4.39 Å². The lowest BCUT2D eigenvalue weighted by Gasteiger charge is -2.36. The lowest BCUT2D eigenvalue weighted by Crippen LogP contribution is -2.51. The van der Waals surface area contributed by atoms with E-state index < -0.39 is 23.2 Å². The molecule has 41 heavy (non-hydrogen) atoms. The third-order valence-corrected chi connectivity index (χ3v) is 8.05. The summed E-state index contributed by atoms with van der Waals surface area (Å²) in [6, 6.07) is 12.6. The molecule has 1 spiro atoms. The fourth-order valence-corrected chi connectivity index (χ4v) is 6.20. The summed E-state index contributed by atoms with van der Waals surface area (Å²) in [6.07, 6.45) is 0. The average molecular weight is 595 g/mol. The molecule has 3 heterocycles. The Morgan fingerprint density at radius 1 is 1.00 bits per heavy atom. The van der Waals surface area contributed by atoms with Gasteiger partial charge in [-0.05, 0) is 50.6 Å². The molecule has 1 N–H and O–H groups in total. The fourth-order valence-electron chi connectivity index (χ4n) is 5.87. The molecule has 1 aromatic heterocycles. The van der Waals surface area contributed by atoms with Gasteiger partial charge in [-0.2, -0.15) is 0 Å². The summed E-state index contributed by atoms with van der Waals surface area (Å²) in [5.74, 6) is -1.09. The van der Waals surface area contributed by atoms with Crippen molar-refractivity contribution in [1.29, 1.82) is 0 Å². The number of anilines is 2. The summed E-state index contributed by atoms with van der Waals surface area (Å²) in [7, 11) is 2.84. The number of fused-ring (bicyclic) bond motifs is 4. The number of imidazole rings is 1. The van der Waals surface area contributed by atoms with E-state index in [0.717, 1.165) is 5.56 Å². The predicted molar refractivity (Wildman–Crippen MR) is 155 cm³/mol. The molecule has 6 rings (SSSR count). The highest BCUT2D eigenvalue weighted by Gasteiger charge is 2.64. The van der Waals surface area contributed by atoms with Crippen molar-refractivity contribution in [3.63, 3.8) is 0 Å². The van der Waals surface area contributed by atoms with Gasteiger partial charge in [0.15, 0.2) is 11.2 Å². The SMILES string of the molecule is COc1cc(F)c(-c2nc3c(n2C(C)C)C2(C(=O)Nc4cc(Cl)ccc42)N(c2cc(Cl)ccc2C)C3=O)c(OC)c1. The lowest BCUT2D eigenvalue weighted by atomic mass is 9.86. The third kappa shape index (κ3) is 3.68. The standard InChI is InChI=1S/C30H25Cl2FN4O4/c1-14(2)36-26-25(35-27(36)24-20(33)12-18(40-4)13-23(24)41-5)28(38)37(22-11-17(32)7-6-15(22)3)30(26)19-9-8-16(31)10-21(19)34-29(30)39/h6-14H,1-5H3,(H,34,39). The molecule has 2 amide bonds. The van der Waals surface area contributed by atoms with Gasteiger partial charge in [0, 0.05) is 39.5 Å². The molecule has 4 aromatic rings. The number of amides is 2. The predicted octanol–water partition coefficient (Wildman–Crippen LogP) is 6.76. The molecule has 1 atom stereocenters. The third-order valence-electron chi connectivity index (χ3n) is 7.58. The Hall–Kier alpha value is -4.08. The van der Waals surface area contributed by atoms with E-state index in [9.17, 15) is 9.59 Å². The Morgan fingerprint density at radius 2 is 1.71 bits per heavy atom. The monoisotopic (exact) mass is 594 g/mol. The zero-order valence-corrected chi connectivity index (χ0v) is 24.3. The Kier molecular flexibility index (Phi) is 6.28. The van der Waals surface area contributed by atoms with Gasteiger partial charge in [-0.1, -0.05) is 35.3 Å². The van der Waals surface area contributed by atoms with Crippen LogP contribution >= 0.6 is 23.2 Å². The highest BCUT2D eigenvalue weighted by Crippen LogP contribution is 2.55. The van der Waals surface area contributed by atoms with E-state index in [1.807, 2.05) is 20.8 Å². The summed E-state index contributed by atoms with van der Waals surface area (Å²) in [4.78, 5) is 34.9. The number of nitrogens with zero attached hydrogens (tertiary/aromatic N) is 3. The van der Waals surface area contributed by atoms with Crippen molar-refractivity contribution in [3.8, 4) is 22.9 Å². The molecule has 0 saturated heterocycles. The highest BCUT2D eigenvalue weighted by atomic mass is 35.5. The Balaban J connectivity index is 1.75. The van der Waals surface area contributed by atoms with E-state index in [-0.39, 0.29) is 34.6 Å². The quantitative estimate of drug-likeness (QED) is 0.276. The lowest BCUT2D eigenvalue weighted by molar-refractivity contribution is -0.119. The van der Waals surface area contributed by atoms with Gasteiger partial charge in [0.05, 0.1) is 31.2 Å². The molecule has 0 saturated carbocycles. The van der Waals surface area contributed by atoms with E-state index in [1.54, 1.807) is 47.0 Å². The van der Waals surface area contributed by atoms with Gasteiger partial charge in [-0.3, -0.25) is 14.5 Å². The number of halogens is 3. The molecular weight excluding hydrogens is 570 g/mol. The molecule has 8 nitrogen and oxygen atoms in total. The van der Waals surface area contributed by atoms with Gasteiger partial charge in [-0.15, -0.1) is 0 Å². The Labute approximate surface area is 245 Å². The van der Waals surface area contributed by atoms with Gasteiger partial charge >= 0.3 is 0 Å². The van der Waals surface area contributed by atoms with E-state index in [0.29, 0.717) is 32.7 Å². The summed E-state index contributed by atoms with van der Waals surface area (Å²) in [6.45, 7) is 5.58. The molecule has 0 fully saturated rings. The first-order chi connectivity index (χ1) is 19.5. The number of methoxy groups -OCH3 is 2. The molecule has 0 bridgehead atoms. The molecule has 1 unspecified atom stereocenters. The molecular formula is C30H25Cl2FN4O4. The first-order valence-electron chi connectivity index (χ1n) is 12.8. The van der Waals surface area contributed by atoms with Crippen molar-refractivity contribution in [2.75, 3.05) is 24.4 Å². The number of aryl methyl sites for hydroxylation is 1. The van der Waals surface area contributed by atoms with Crippen molar-refractivity contribution in [2.24, 2.45) is 0 Å². The van der Waals surface area contributed by atoms with Crippen LogP contribution in [0.5, 0.6) is 11.5 Å². The smallest absolute Gasteiger partial charge is 0.280 e. The van der Waals surface area contributed by atoms with Crippen LogP contribution in [0.1, 0.15) is 47.2 Å². The van der Waals surface area contributed by atoms with Crippen LogP contribution in [0.4, 0.5) is 15.8 Å². The Morgan fingerprint density at radius 3 is 2.39 bits per heavy atom. The van der Waals surface area contributed by atoms with Gasteiger partial charge < -0.3 is 19.4 Å². The van der Waals surface area contributed by atoms with Crippen LogP contribution in [0.3, 0.4) is 0 Å². The number of hydrogen-bond acceptors (Lipinski definition) is 5. The number of aromatic nitrogens is 2. The number of benzene rings is 3. The highest BCUT2D eigenvalue weighted by molar-refractivity contribution is 6.32. The van der Waals surface area contributed by atoms with Crippen LogP contribution in [-0.4, -0.2) is 35.6 Å². The molecule has 2 aliphatic heterocycles. The van der Waals surface area contributed by atoms with Gasteiger partial charge in [0.2, 0.25) is 0 Å². The minimum Gasteiger partial charge on any atom is -0.497 e. The fraction of sp³-hybridized carbons (Fsp3) is 0.233. The normalized spacial score (nSPS) is 17.3. The zero-order valence-electron chi connectivity index (χ0n) is 22.8. The average Bonchev–Trinajstić information content (AvgIpc) is 3.53. The van der Waals surface area contributed by atoms with Crippen molar-refractivity contribution < 1.29 is 23.5 Å². The first-order valence-corrected chi connectivity index (χ1v) is 13.6. The van der Waals surface area contributed by atoms with Crippen LogP contribution in [0.25, 0.3) is 11.4 Å². The maximum absolute atomic E-state index is 15.7. The number of hydrogen-bond donors (Lipinski definition) is 1. The number of rotatable bonds is 5.